The fraction of sp³-hybridized carbons (Fsp3) is 0.172. The van der Waals surface area contributed by atoms with Gasteiger partial charge in [-0.3, -0.25) is 4.98 Å². The third-order valence-electron chi connectivity index (χ3n) is 11.7. The number of para-hydroxylation sites is 3. The van der Waals surface area contributed by atoms with Crippen LogP contribution in [0.2, 0.25) is 19.6 Å². The molecule has 10 rings (SSSR count). The van der Waals surface area contributed by atoms with E-state index < -0.39 is 14.0 Å². The van der Waals surface area contributed by atoms with Crippen LogP contribution in [-0.2, 0) is 25.5 Å². The molecule has 0 aliphatic heterocycles. The van der Waals surface area contributed by atoms with Crippen LogP contribution >= 0.6 is 0 Å². The standard InChI is InChI=1S/C41H31N2O.C17H22NSi.Ir/c1-41(2,3)29-25-33(27-15-6-4-7-16-27)38(34(26-29)28-17-8-5-9-18-28)43-36-23-12-11-22-35(36)42-40(43)32-21-14-20-31-30-19-10-13-24-37(30)44-39(31)32;1-13(2)15-11-16(14-9-7-6-8-10-14)18-12-17(15)19(3,4)5;/h4-20,22-26H,1-3H3;6-9,11-13H,1-5H3;/q2*-1;/i;13D;. The van der Waals surface area contributed by atoms with Crippen LogP contribution in [0.1, 0.15) is 53.0 Å². The van der Waals surface area contributed by atoms with E-state index in [1.165, 1.54) is 10.8 Å². The molecule has 3 heterocycles. The van der Waals surface area contributed by atoms with Gasteiger partial charge in [0.05, 0.1) is 36.2 Å². The van der Waals surface area contributed by atoms with Crippen molar-refractivity contribution in [2.75, 3.05) is 0 Å². The quantitative estimate of drug-likeness (QED) is 0.118. The average molecular weight is 1030 g/mol. The maximum Gasteiger partial charge on any atom is 0.120 e. The Morgan fingerprint density at radius 1 is 0.688 bits per heavy atom. The van der Waals surface area contributed by atoms with Crippen molar-refractivity contribution in [1.82, 2.24) is 14.5 Å². The van der Waals surface area contributed by atoms with E-state index in [1.54, 1.807) is 0 Å². The molecule has 6 heteroatoms. The smallest absolute Gasteiger partial charge is 0.120 e. The van der Waals surface area contributed by atoms with E-state index in [4.69, 9.17) is 10.8 Å². The van der Waals surface area contributed by atoms with Gasteiger partial charge < -0.3 is 14.0 Å². The van der Waals surface area contributed by atoms with Crippen LogP contribution in [0.4, 0.5) is 0 Å². The monoisotopic (exact) mass is 1030 g/mol. The fourth-order valence-corrected chi connectivity index (χ4v) is 10.0. The molecule has 0 amide bonds. The van der Waals surface area contributed by atoms with E-state index in [0.29, 0.717) is 0 Å². The van der Waals surface area contributed by atoms with E-state index in [9.17, 15) is 0 Å². The molecule has 0 bridgehead atoms. The number of furan rings is 1. The molecule has 64 heavy (non-hydrogen) atoms. The zero-order chi connectivity index (χ0) is 44.8. The summed E-state index contributed by atoms with van der Waals surface area (Å²) in [5.41, 5.74) is 14.3. The first-order chi connectivity index (χ1) is 30.7. The van der Waals surface area contributed by atoms with Gasteiger partial charge in [0.1, 0.15) is 5.58 Å². The molecule has 0 aliphatic rings. The van der Waals surface area contributed by atoms with Crippen LogP contribution in [0.3, 0.4) is 0 Å². The van der Waals surface area contributed by atoms with E-state index >= 15 is 0 Å². The largest absolute Gasteiger partial charge is 0.501 e. The summed E-state index contributed by atoms with van der Waals surface area (Å²) >= 11 is 0. The van der Waals surface area contributed by atoms with Crippen molar-refractivity contribution < 1.29 is 25.9 Å². The molecule has 0 saturated carbocycles. The summed E-state index contributed by atoms with van der Waals surface area (Å²) in [4.78, 5) is 9.90. The molecule has 0 saturated heterocycles. The maximum absolute atomic E-state index is 8.44. The Bertz CT molecular complexity index is 3210. The minimum Gasteiger partial charge on any atom is -0.501 e. The second kappa shape index (κ2) is 18.1. The third-order valence-corrected chi connectivity index (χ3v) is 13.7. The van der Waals surface area contributed by atoms with E-state index in [-0.39, 0.29) is 25.5 Å². The number of nitrogens with zero attached hydrogens (tertiary/aromatic N) is 3. The molecule has 0 spiro atoms. The van der Waals surface area contributed by atoms with Gasteiger partial charge in [0, 0.05) is 44.2 Å². The number of benzene rings is 7. The van der Waals surface area contributed by atoms with Gasteiger partial charge >= 0.3 is 0 Å². The predicted molar refractivity (Wildman–Crippen MR) is 268 cm³/mol. The number of hydrogen-bond acceptors (Lipinski definition) is 3. The molecule has 0 atom stereocenters. The zero-order valence-electron chi connectivity index (χ0n) is 38.7. The van der Waals surface area contributed by atoms with Gasteiger partial charge in [-0.15, -0.1) is 54.1 Å². The van der Waals surface area contributed by atoms with E-state index in [0.717, 1.165) is 89.1 Å². The summed E-state index contributed by atoms with van der Waals surface area (Å²) in [6, 6.07) is 63.4. The number of rotatable bonds is 7. The third kappa shape index (κ3) is 8.71. The summed E-state index contributed by atoms with van der Waals surface area (Å²) < 4.78 is 17.3. The molecular weight excluding hydrogens is 975 g/mol. The Kier molecular flexibility index (Phi) is 12.2. The van der Waals surface area contributed by atoms with Gasteiger partial charge in [-0.25, -0.2) is 0 Å². The Labute approximate surface area is 393 Å². The molecule has 321 valence electrons. The van der Waals surface area contributed by atoms with Gasteiger partial charge in [-0.05, 0) is 69.2 Å². The molecule has 0 aliphatic carbocycles. The zero-order valence-corrected chi connectivity index (χ0v) is 41.1. The van der Waals surface area contributed by atoms with E-state index in [2.05, 4.69) is 177 Å². The summed E-state index contributed by atoms with van der Waals surface area (Å²) in [5.74, 6) is 0.191. The Hall–Kier alpha value is -6.17. The molecule has 10 aromatic rings. The van der Waals surface area contributed by atoms with Crippen molar-refractivity contribution in [1.29, 1.82) is 0 Å². The molecule has 3 aromatic heterocycles. The number of pyridine rings is 1. The Morgan fingerprint density at radius 2 is 1.31 bits per heavy atom. The SMILES string of the molecule is CC(C)(C)c1cc(-c2ccccc2)c(-n2c(-c3[c-]ccc4c3oc3ccccc34)nc3ccccc32)c(-c2ccccc2)c1.[2H]C(C)(C)c1cc(-c2[c-]cccc2)ncc1[Si](C)(C)C.[Ir]. The van der Waals surface area contributed by atoms with Gasteiger partial charge in [-0.2, -0.15) is 0 Å². The van der Waals surface area contributed by atoms with E-state index in [1.807, 2.05) is 68.6 Å². The van der Waals surface area contributed by atoms with Gasteiger partial charge in [0.2, 0.25) is 0 Å². The number of hydrogen-bond donors (Lipinski definition) is 0. The van der Waals surface area contributed by atoms with Crippen LogP contribution in [0.5, 0.6) is 0 Å². The number of imidazole rings is 1. The van der Waals surface area contributed by atoms with Crippen LogP contribution in [0, 0.1) is 12.1 Å². The van der Waals surface area contributed by atoms with Gasteiger partial charge in [0.25, 0.3) is 0 Å². The molecule has 1 radical (unpaired) electrons. The van der Waals surface area contributed by atoms with Gasteiger partial charge in [-0.1, -0.05) is 168 Å². The minimum absolute atomic E-state index is 0. The molecule has 7 aromatic carbocycles. The minimum atomic E-state index is -1.50. The summed E-state index contributed by atoms with van der Waals surface area (Å²) in [5, 5.41) is 3.42. The summed E-state index contributed by atoms with van der Waals surface area (Å²) in [6.45, 7) is 17.6. The summed E-state index contributed by atoms with van der Waals surface area (Å²) in [6.07, 6.45) is 1.98. The second-order valence-corrected chi connectivity index (χ2v) is 23.5. The van der Waals surface area contributed by atoms with Crippen LogP contribution in [-0.4, -0.2) is 22.6 Å². The molecule has 0 fully saturated rings. The number of fused-ring (bicyclic) bond motifs is 4. The second-order valence-electron chi connectivity index (χ2n) is 18.5. The first-order valence-electron chi connectivity index (χ1n) is 22.2. The maximum atomic E-state index is 8.44. The summed E-state index contributed by atoms with van der Waals surface area (Å²) in [7, 11) is -1.50. The fourth-order valence-electron chi connectivity index (χ4n) is 8.43. The number of aromatic nitrogens is 3. The molecule has 0 unspecified atom stereocenters. The Morgan fingerprint density at radius 3 is 1.94 bits per heavy atom. The Balaban J connectivity index is 0.000000232. The van der Waals surface area contributed by atoms with Crippen LogP contribution in [0.15, 0.2) is 174 Å². The average Bonchev–Trinajstić information content (AvgIpc) is 3.87. The van der Waals surface area contributed by atoms with Crippen LogP contribution < -0.4 is 5.19 Å². The predicted octanol–water partition coefficient (Wildman–Crippen LogP) is 15.2. The van der Waals surface area contributed by atoms with Crippen molar-refractivity contribution in [3.63, 3.8) is 0 Å². The molecule has 0 N–H and O–H groups in total. The van der Waals surface area contributed by atoms with Crippen molar-refractivity contribution in [3.8, 4) is 50.6 Å². The first kappa shape index (κ1) is 43.1. The first-order valence-corrected chi connectivity index (χ1v) is 25.2. The van der Waals surface area contributed by atoms with Crippen molar-refractivity contribution >= 4 is 46.2 Å². The van der Waals surface area contributed by atoms with Gasteiger partial charge in [0.15, 0.2) is 0 Å². The van der Waals surface area contributed by atoms with Crippen molar-refractivity contribution in [2.45, 2.75) is 65.6 Å². The molecular formula is C58H53IrN3OSi-2. The molecule has 4 nitrogen and oxygen atoms in total. The van der Waals surface area contributed by atoms with Crippen LogP contribution in [0.25, 0.3) is 83.6 Å². The normalized spacial score (nSPS) is 12.2. The topological polar surface area (TPSA) is 43.9 Å². The van der Waals surface area contributed by atoms with Crippen molar-refractivity contribution in [3.05, 3.63) is 193 Å². The van der Waals surface area contributed by atoms with Crippen molar-refractivity contribution in [2.24, 2.45) is 0 Å².